The van der Waals surface area contributed by atoms with Crippen LogP contribution in [0.5, 0.6) is 0 Å². The van der Waals surface area contributed by atoms with Gasteiger partial charge >= 0.3 is 0 Å². The standard InChI is InChI=1S/C13H14FNO/c14-12-4-3-9-5-6-15(8-11(9)7-12)13(16)10-1-2-10/h3-4,7,10H,1-2,5-6,8H2. The summed E-state index contributed by atoms with van der Waals surface area (Å²) < 4.78 is 13.1. The SMILES string of the molecule is O=C(C1CC1)N1CCc2ccc(F)cc2C1. The Bertz CT molecular complexity index is 440. The van der Waals surface area contributed by atoms with Crippen LogP contribution in [0.15, 0.2) is 18.2 Å². The van der Waals surface area contributed by atoms with E-state index >= 15 is 0 Å². The number of carbonyl (C=O) groups excluding carboxylic acids is 1. The topological polar surface area (TPSA) is 20.3 Å². The zero-order valence-electron chi connectivity index (χ0n) is 9.08. The molecule has 84 valence electrons. The Hall–Kier alpha value is -1.38. The van der Waals surface area contributed by atoms with E-state index in [1.54, 1.807) is 6.07 Å². The van der Waals surface area contributed by atoms with E-state index in [9.17, 15) is 9.18 Å². The predicted molar refractivity (Wildman–Crippen MR) is 58.2 cm³/mol. The van der Waals surface area contributed by atoms with E-state index in [1.807, 2.05) is 11.0 Å². The van der Waals surface area contributed by atoms with Crippen molar-refractivity contribution in [2.75, 3.05) is 6.54 Å². The van der Waals surface area contributed by atoms with Crippen molar-refractivity contribution in [3.05, 3.63) is 35.1 Å². The molecule has 1 aromatic carbocycles. The molecule has 1 amide bonds. The summed E-state index contributed by atoms with van der Waals surface area (Å²) in [5.74, 6) is 0.310. The van der Waals surface area contributed by atoms with Gasteiger partial charge in [-0.15, -0.1) is 0 Å². The molecular weight excluding hydrogens is 205 g/mol. The van der Waals surface area contributed by atoms with Crippen LogP contribution < -0.4 is 0 Å². The molecule has 16 heavy (non-hydrogen) atoms. The van der Waals surface area contributed by atoms with Gasteiger partial charge < -0.3 is 4.90 Å². The fourth-order valence-corrected chi connectivity index (χ4v) is 2.30. The van der Waals surface area contributed by atoms with Crippen LogP contribution in [-0.4, -0.2) is 17.4 Å². The van der Waals surface area contributed by atoms with Crippen LogP contribution >= 0.6 is 0 Å². The fourth-order valence-electron chi connectivity index (χ4n) is 2.30. The van der Waals surface area contributed by atoms with Crippen molar-refractivity contribution in [1.82, 2.24) is 4.90 Å². The largest absolute Gasteiger partial charge is 0.338 e. The Morgan fingerprint density at radius 3 is 2.88 bits per heavy atom. The van der Waals surface area contributed by atoms with Crippen LogP contribution in [0.4, 0.5) is 4.39 Å². The molecule has 3 heteroatoms. The van der Waals surface area contributed by atoms with Gasteiger partial charge in [0.05, 0.1) is 0 Å². The van der Waals surface area contributed by atoms with Gasteiger partial charge in [0, 0.05) is 19.0 Å². The molecule has 0 aromatic heterocycles. The van der Waals surface area contributed by atoms with Crippen LogP contribution in [0.3, 0.4) is 0 Å². The summed E-state index contributed by atoms with van der Waals surface area (Å²) in [5.41, 5.74) is 2.15. The van der Waals surface area contributed by atoms with Crippen LogP contribution in [-0.2, 0) is 17.8 Å². The maximum absolute atomic E-state index is 13.1. The molecule has 1 saturated carbocycles. The van der Waals surface area contributed by atoms with Crippen molar-refractivity contribution in [2.45, 2.75) is 25.8 Å². The summed E-state index contributed by atoms with van der Waals surface area (Å²) in [6, 6.07) is 4.89. The number of fused-ring (bicyclic) bond motifs is 1. The van der Waals surface area contributed by atoms with Gasteiger partial charge in [0.1, 0.15) is 5.82 Å². The van der Waals surface area contributed by atoms with Gasteiger partial charge in [0.15, 0.2) is 0 Å². The molecule has 2 nitrogen and oxygen atoms in total. The maximum Gasteiger partial charge on any atom is 0.225 e. The van der Waals surface area contributed by atoms with E-state index < -0.39 is 0 Å². The summed E-state index contributed by atoms with van der Waals surface area (Å²) in [5, 5.41) is 0. The predicted octanol–water partition coefficient (Wildman–Crippen LogP) is 2.12. The molecule has 1 aliphatic carbocycles. The summed E-state index contributed by atoms with van der Waals surface area (Å²) >= 11 is 0. The lowest BCUT2D eigenvalue weighted by molar-refractivity contribution is -0.133. The van der Waals surface area contributed by atoms with E-state index in [-0.39, 0.29) is 17.6 Å². The lowest BCUT2D eigenvalue weighted by atomic mass is 9.99. The van der Waals surface area contributed by atoms with Crippen molar-refractivity contribution in [3.8, 4) is 0 Å². The highest BCUT2D eigenvalue weighted by atomic mass is 19.1. The molecule has 1 heterocycles. The second-order valence-corrected chi connectivity index (χ2v) is 4.70. The van der Waals surface area contributed by atoms with Crippen molar-refractivity contribution in [3.63, 3.8) is 0 Å². The zero-order chi connectivity index (χ0) is 11.1. The van der Waals surface area contributed by atoms with Crippen LogP contribution in [0.25, 0.3) is 0 Å². The Labute approximate surface area is 94.1 Å². The molecule has 0 unspecified atom stereocenters. The highest BCUT2D eigenvalue weighted by Gasteiger charge is 2.34. The van der Waals surface area contributed by atoms with Crippen molar-refractivity contribution < 1.29 is 9.18 Å². The molecule has 2 aliphatic rings. The first kappa shape index (κ1) is 9.82. The van der Waals surface area contributed by atoms with Gasteiger partial charge in [-0.05, 0) is 42.5 Å². The Kier molecular flexibility index (Phi) is 2.20. The minimum absolute atomic E-state index is 0.209. The van der Waals surface area contributed by atoms with Gasteiger partial charge in [-0.25, -0.2) is 4.39 Å². The monoisotopic (exact) mass is 219 g/mol. The third-order valence-corrected chi connectivity index (χ3v) is 3.42. The highest BCUT2D eigenvalue weighted by molar-refractivity contribution is 5.81. The van der Waals surface area contributed by atoms with E-state index in [4.69, 9.17) is 0 Å². The van der Waals surface area contributed by atoms with Crippen LogP contribution in [0.2, 0.25) is 0 Å². The smallest absolute Gasteiger partial charge is 0.225 e. The molecule has 0 radical (unpaired) electrons. The summed E-state index contributed by atoms with van der Waals surface area (Å²) in [6.45, 7) is 1.37. The number of hydrogen-bond donors (Lipinski definition) is 0. The molecule has 0 saturated heterocycles. The zero-order valence-corrected chi connectivity index (χ0v) is 9.08. The normalized spacial score (nSPS) is 19.4. The van der Waals surface area contributed by atoms with Gasteiger partial charge in [-0.1, -0.05) is 6.07 Å². The highest BCUT2D eigenvalue weighted by Crippen LogP contribution is 2.32. The molecule has 0 spiro atoms. The first-order valence-corrected chi connectivity index (χ1v) is 5.80. The number of benzene rings is 1. The summed E-state index contributed by atoms with van der Waals surface area (Å²) in [7, 11) is 0. The lowest BCUT2D eigenvalue weighted by Gasteiger charge is -2.29. The molecule has 0 atom stereocenters. The van der Waals surface area contributed by atoms with Crippen molar-refractivity contribution >= 4 is 5.91 Å². The quantitative estimate of drug-likeness (QED) is 0.708. The summed E-state index contributed by atoms with van der Waals surface area (Å²) in [6.07, 6.45) is 2.92. The minimum atomic E-state index is -0.209. The Morgan fingerprint density at radius 1 is 1.31 bits per heavy atom. The minimum Gasteiger partial charge on any atom is -0.338 e. The molecule has 3 rings (SSSR count). The van der Waals surface area contributed by atoms with Crippen LogP contribution in [0.1, 0.15) is 24.0 Å². The first-order chi connectivity index (χ1) is 7.74. The second-order valence-electron chi connectivity index (χ2n) is 4.70. The Balaban J connectivity index is 1.81. The average Bonchev–Trinajstić information content (AvgIpc) is 3.11. The number of halogens is 1. The van der Waals surface area contributed by atoms with Crippen molar-refractivity contribution in [2.24, 2.45) is 5.92 Å². The Morgan fingerprint density at radius 2 is 2.12 bits per heavy atom. The van der Waals surface area contributed by atoms with E-state index in [2.05, 4.69) is 0 Å². The molecule has 0 N–H and O–H groups in total. The number of hydrogen-bond acceptors (Lipinski definition) is 1. The van der Waals surface area contributed by atoms with E-state index in [1.165, 1.54) is 11.6 Å². The van der Waals surface area contributed by atoms with Gasteiger partial charge in [-0.3, -0.25) is 4.79 Å². The first-order valence-electron chi connectivity index (χ1n) is 5.80. The third kappa shape index (κ3) is 1.70. The molecule has 1 aromatic rings. The lowest BCUT2D eigenvalue weighted by Crippen LogP contribution is -2.36. The third-order valence-electron chi connectivity index (χ3n) is 3.42. The maximum atomic E-state index is 13.1. The number of amides is 1. The van der Waals surface area contributed by atoms with E-state index in [0.717, 1.165) is 31.4 Å². The second kappa shape index (κ2) is 3.58. The average molecular weight is 219 g/mol. The fraction of sp³-hybridized carbons (Fsp3) is 0.462. The van der Waals surface area contributed by atoms with Gasteiger partial charge in [0.2, 0.25) is 5.91 Å². The molecular formula is C13H14FNO. The van der Waals surface area contributed by atoms with Gasteiger partial charge in [-0.2, -0.15) is 0 Å². The van der Waals surface area contributed by atoms with E-state index in [0.29, 0.717) is 6.54 Å². The molecule has 1 aliphatic heterocycles. The number of nitrogens with zero attached hydrogens (tertiary/aromatic N) is 1. The number of carbonyl (C=O) groups is 1. The van der Waals surface area contributed by atoms with Crippen LogP contribution in [0, 0.1) is 11.7 Å². The molecule has 0 bridgehead atoms. The molecule has 1 fully saturated rings. The van der Waals surface area contributed by atoms with Gasteiger partial charge in [0.25, 0.3) is 0 Å². The van der Waals surface area contributed by atoms with Crippen molar-refractivity contribution in [1.29, 1.82) is 0 Å². The summed E-state index contributed by atoms with van der Waals surface area (Å²) in [4.78, 5) is 13.8. The number of rotatable bonds is 1.